The van der Waals surface area contributed by atoms with Crippen molar-refractivity contribution in [1.82, 2.24) is 9.80 Å². The van der Waals surface area contributed by atoms with Crippen LogP contribution in [0.3, 0.4) is 0 Å². The average molecular weight is 277 g/mol. The predicted octanol–water partition coefficient (Wildman–Crippen LogP) is 2.43. The minimum absolute atomic E-state index is 0.397. The van der Waals surface area contributed by atoms with Gasteiger partial charge in [-0.05, 0) is 38.9 Å². The Kier molecular flexibility index (Phi) is 5.07. The lowest BCUT2D eigenvalue weighted by atomic mass is 9.94. The smallest absolute Gasteiger partial charge is 0.0217 e. The van der Waals surface area contributed by atoms with Crippen LogP contribution in [0.5, 0.6) is 0 Å². The second-order valence-corrected chi connectivity index (χ2v) is 6.35. The van der Waals surface area contributed by atoms with Gasteiger partial charge in [-0.2, -0.15) is 0 Å². The molecule has 0 bridgehead atoms. The van der Waals surface area contributed by atoms with Crippen LogP contribution in [0.1, 0.15) is 26.7 Å². The third kappa shape index (κ3) is 4.41. The van der Waals surface area contributed by atoms with Crippen molar-refractivity contribution < 1.29 is 0 Å². The summed E-state index contributed by atoms with van der Waals surface area (Å²) >= 11 is 3.60. The Bertz CT molecular complexity index is 192. The Hall–Kier alpha value is 0.400. The molecule has 0 N–H and O–H groups in total. The van der Waals surface area contributed by atoms with Crippen LogP contribution < -0.4 is 0 Å². The topological polar surface area (TPSA) is 6.48 Å². The van der Waals surface area contributed by atoms with Crippen molar-refractivity contribution in [2.45, 2.75) is 32.7 Å². The van der Waals surface area contributed by atoms with Gasteiger partial charge >= 0.3 is 0 Å². The molecule has 1 rings (SSSR count). The van der Waals surface area contributed by atoms with Crippen LogP contribution in [0, 0.1) is 5.41 Å². The lowest BCUT2D eigenvalue weighted by Crippen LogP contribution is -2.48. The summed E-state index contributed by atoms with van der Waals surface area (Å²) in [5, 5.41) is 1.09. The van der Waals surface area contributed by atoms with Gasteiger partial charge in [0.25, 0.3) is 0 Å². The molecule has 90 valence electrons. The first-order valence-corrected chi connectivity index (χ1v) is 7.01. The monoisotopic (exact) mass is 276 g/mol. The molecule has 0 aliphatic carbocycles. The molecule has 0 aromatic carbocycles. The molecule has 0 amide bonds. The molecule has 0 saturated carbocycles. The zero-order valence-corrected chi connectivity index (χ0v) is 12.2. The zero-order valence-electron chi connectivity index (χ0n) is 10.6. The normalized spacial score (nSPS) is 24.8. The first-order chi connectivity index (χ1) is 6.94. The van der Waals surface area contributed by atoms with Crippen LogP contribution in [0.4, 0.5) is 0 Å². The molecule has 1 unspecified atom stereocenters. The minimum atomic E-state index is 0.397. The Morgan fingerprint density at radius 1 is 1.40 bits per heavy atom. The maximum atomic E-state index is 3.60. The van der Waals surface area contributed by atoms with E-state index in [0.29, 0.717) is 5.41 Å². The molecular weight excluding hydrogens is 252 g/mol. The van der Waals surface area contributed by atoms with Crippen molar-refractivity contribution in [3.63, 3.8) is 0 Å². The molecule has 1 atom stereocenters. The number of likely N-dealkylation sites (N-methyl/N-ethyl adjacent to an activating group) is 1. The van der Waals surface area contributed by atoms with Crippen molar-refractivity contribution >= 4 is 15.9 Å². The van der Waals surface area contributed by atoms with E-state index in [2.05, 4.69) is 53.7 Å². The average Bonchev–Trinajstić information content (AvgIpc) is 2.17. The number of hydrogen-bond acceptors (Lipinski definition) is 2. The van der Waals surface area contributed by atoms with Gasteiger partial charge in [0.15, 0.2) is 0 Å². The van der Waals surface area contributed by atoms with Crippen molar-refractivity contribution in [3.8, 4) is 0 Å². The summed E-state index contributed by atoms with van der Waals surface area (Å²) in [6, 6.07) is 0.755. The van der Waals surface area contributed by atoms with Crippen LogP contribution >= 0.6 is 15.9 Å². The highest BCUT2D eigenvalue weighted by Crippen LogP contribution is 2.23. The summed E-state index contributed by atoms with van der Waals surface area (Å²) in [6.07, 6.45) is 2.71. The maximum Gasteiger partial charge on any atom is 0.0217 e. The van der Waals surface area contributed by atoms with E-state index in [-0.39, 0.29) is 0 Å². The van der Waals surface area contributed by atoms with Crippen LogP contribution in [-0.4, -0.2) is 54.9 Å². The van der Waals surface area contributed by atoms with Gasteiger partial charge in [0.1, 0.15) is 0 Å². The number of nitrogens with zero attached hydrogens (tertiary/aromatic N) is 2. The molecule has 0 spiro atoms. The zero-order chi connectivity index (χ0) is 11.5. The van der Waals surface area contributed by atoms with E-state index < -0.39 is 0 Å². The molecule has 1 fully saturated rings. The van der Waals surface area contributed by atoms with E-state index in [4.69, 9.17) is 0 Å². The van der Waals surface area contributed by atoms with Gasteiger partial charge in [-0.1, -0.05) is 29.8 Å². The highest BCUT2D eigenvalue weighted by Gasteiger charge is 2.26. The summed E-state index contributed by atoms with van der Waals surface area (Å²) in [5.74, 6) is 0. The van der Waals surface area contributed by atoms with Gasteiger partial charge in [0.05, 0.1) is 0 Å². The van der Waals surface area contributed by atoms with Gasteiger partial charge in [-0.3, -0.25) is 0 Å². The van der Waals surface area contributed by atoms with Gasteiger partial charge in [-0.15, -0.1) is 0 Å². The predicted molar refractivity (Wildman–Crippen MR) is 70.7 cm³/mol. The molecule has 0 radical (unpaired) electrons. The third-order valence-electron chi connectivity index (χ3n) is 3.22. The quantitative estimate of drug-likeness (QED) is 0.728. The SMILES string of the molecule is CN(C)C1CCCN(CC(C)(C)CBr)C1. The molecule has 3 heteroatoms. The largest absolute Gasteiger partial charge is 0.305 e. The number of likely N-dealkylation sites (tertiary alicyclic amines) is 1. The first kappa shape index (κ1) is 13.5. The highest BCUT2D eigenvalue weighted by atomic mass is 79.9. The molecule has 0 aromatic rings. The molecule has 0 aromatic heterocycles. The van der Waals surface area contributed by atoms with Crippen LogP contribution in [0.25, 0.3) is 0 Å². The number of halogens is 1. The van der Waals surface area contributed by atoms with Gasteiger partial charge < -0.3 is 9.80 Å². The summed E-state index contributed by atoms with van der Waals surface area (Å²) in [5.41, 5.74) is 0.397. The second-order valence-electron chi connectivity index (χ2n) is 5.79. The van der Waals surface area contributed by atoms with Gasteiger partial charge in [0, 0.05) is 24.5 Å². The number of alkyl halides is 1. The standard InChI is InChI=1S/C12H25BrN2/c1-12(2,9-13)10-15-7-5-6-11(8-15)14(3)4/h11H,5-10H2,1-4H3. The lowest BCUT2D eigenvalue weighted by molar-refractivity contribution is 0.104. The van der Waals surface area contributed by atoms with E-state index in [1.165, 1.54) is 32.5 Å². The van der Waals surface area contributed by atoms with Crippen molar-refractivity contribution in [2.24, 2.45) is 5.41 Å². The van der Waals surface area contributed by atoms with Crippen LogP contribution in [0.2, 0.25) is 0 Å². The summed E-state index contributed by atoms with van der Waals surface area (Å²) < 4.78 is 0. The van der Waals surface area contributed by atoms with E-state index in [1.807, 2.05) is 0 Å². The third-order valence-corrected chi connectivity index (χ3v) is 4.74. The molecule has 1 saturated heterocycles. The van der Waals surface area contributed by atoms with Crippen molar-refractivity contribution in [1.29, 1.82) is 0 Å². The second kappa shape index (κ2) is 5.65. The molecule has 1 aliphatic heterocycles. The van der Waals surface area contributed by atoms with Crippen molar-refractivity contribution in [2.75, 3.05) is 39.1 Å². The Labute approximate surface area is 103 Å². The highest BCUT2D eigenvalue weighted by molar-refractivity contribution is 9.09. The molecule has 1 aliphatic rings. The number of piperidine rings is 1. The first-order valence-electron chi connectivity index (χ1n) is 5.89. The van der Waals surface area contributed by atoms with Gasteiger partial charge in [0.2, 0.25) is 0 Å². The fourth-order valence-electron chi connectivity index (χ4n) is 2.24. The van der Waals surface area contributed by atoms with E-state index in [9.17, 15) is 0 Å². The molecule has 15 heavy (non-hydrogen) atoms. The van der Waals surface area contributed by atoms with E-state index >= 15 is 0 Å². The summed E-state index contributed by atoms with van der Waals surface area (Å²) in [7, 11) is 4.40. The Balaban J connectivity index is 2.43. The number of rotatable bonds is 4. The summed E-state index contributed by atoms with van der Waals surface area (Å²) in [6.45, 7) is 8.40. The lowest BCUT2D eigenvalue weighted by Gasteiger charge is -2.39. The summed E-state index contributed by atoms with van der Waals surface area (Å²) in [4.78, 5) is 4.99. The van der Waals surface area contributed by atoms with Crippen LogP contribution in [0.15, 0.2) is 0 Å². The molecule has 2 nitrogen and oxygen atoms in total. The maximum absolute atomic E-state index is 3.60. The fraction of sp³-hybridized carbons (Fsp3) is 1.00. The molecule has 1 heterocycles. The fourth-order valence-corrected chi connectivity index (χ4v) is 2.42. The van der Waals surface area contributed by atoms with Crippen molar-refractivity contribution in [3.05, 3.63) is 0 Å². The van der Waals surface area contributed by atoms with Crippen LogP contribution in [-0.2, 0) is 0 Å². The minimum Gasteiger partial charge on any atom is -0.305 e. The van der Waals surface area contributed by atoms with E-state index in [0.717, 1.165) is 11.4 Å². The van der Waals surface area contributed by atoms with E-state index in [1.54, 1.807) is 0 Å². The Morgan fingerprint density at radius 2 is 2.07 bits per heavy atom. The number of hydrogen-bond donors (Lipinski definition) is 0. The van der Waals surface area contributed by atoms with Gasteiger partial charge in [-0.25, -0.2) is 0 Å². The Morgan fingerprint density at radius 3 is 2.60 bits per heavy atom. The molecular formula is C12H25BrN2.